The molecular weight excluding hydrogens is 284 g/mol. The Labute approximate surface area is 141 Å². The maximum atomic E-state index is 6.22. The summed E-state index contributed by atoms with van der Waals surface area (Å²) in [7, 11) is 0. The minimum Gasteiger partial charge on any atom is -0.490 e. The summed E-state index contributed by atoms with van der Waals surface area (Å²) in [6.45, 7) is 3.28. The van der Waals surface area contributed by atoms with E-state index >= 15 is 0 Å². The number of nitrogens with one attached hydrogen (secondary N) is 1. The summed E-state index contributed by atoms with van der Waals surface area (Å²) in [6.07, 6.45) is 11.4. The number of benzene rings is 1. The minimum atomic E-state index is 0.435. The molecule has 3 heteroatoms. The van der Waals surface area contributed by atoms with Crippen molar-refractivity contribution < 1.29 is 4.74 Å². The Bertz CT molecular complexity index is 488. The topological polar surface area (TPSA) is 47.3 Å². The van der Waals surface area contributed by atoms with E-state index in [1.165, 1.54) is 62.6 Å². The Morgan fingerprint density at radius 2 is 1.83 bits per heavy atom. The van der Waals surface area contributed by atoms with Crippen molar-refractivity contribution in [3.05, 3.63) is 23.8 Å². The molecule has 0 unspecified atom stereocenters. The highest BCUT2D eigenvalue weighted by Gasteiger charge is 2.19. The van der Waals surface area contributed by atoms with Gasteiger partial charge in [-0.3, -0.25) is 0 Å². The first kappa shape index (κ1) is 16.6. The molecule has 0 aliphatic heterocycles. The largest absolute Gasteiger partial charge is 0.490 e. The predicted molar refractivity (Wildman–Crippen MR) is 97.1 cm³/mol. The van der Waals surface area contributed by atoms with Gasteiger partial charge in [0.05, 0.1) is 6.10 Å². The molecule has 0 amide bonds. The van der Waals surface area contributed by atoms with Gasteiger partial charge < -0.3 is 15.8 Å². The van der Waals surface area contributed by atoms with E-state index in [1.54, 1.807) is 0 Å². The monoisotopic (exact) mass is 316 g/mol. The first-order valence-corrected chi connectivity index (χ1v) is 9.53. The average Bonchev–Trinajstić information content (AvgIpc) is 3.08. The molecule has 0 atom stereocenters. The molecular formula is C20H32N2O. The molecule has 3 N–H and O–H groups in total. The molecule has 2 fully saturated rings. The number of hydrogen-bond acceptors (Lipinski definition) is 3. The molecule has 1 aromatic carbocycles. The second-order valence-corrected chi connectivity index (χ2v) is 7.36. The standard InChI is InChI=1S/C20H32N2O/c1-2-16-13-18(22-14-15-7-9-17(21)10-8-15)11-12-20(16)23-19-5-3-4-6-19/h11-13,15,17,19,22H,2-10,14,21H2,1H3. The lowest BCUT2D eigenvalue weighted by Crippen LogP contribution is -2.29. The fourth-order valence-electron chi connectivity index (χ4n) is 3.92. The second kappa shape index (κ2) is 8.05. The molecule has 0 radical (unpaired) electrons. The van der Waals surface area contributed by atoms with E-state index in [1.807, 2.05) is 0 Å². The van der Waals surface area contributed by atoms with E-state index < -0.39 is 0 Å². The van der Waals surface area contributed by atoms with Crippen LogP contribution >= 0.6 is 0 Å². The highest BCUT2D eigenvalue weighted by atomic mass is 16.5. The summed E-state index contributed by atoms with van der Waals surface area (Å²) in [5.74, 6) is 1.86. The van der Waals surface area contributed by atoms with Crippen LogP contribution < -0.4 is 15.8 Å². The fraction of sp³-hybridized carbons (Fsp3) is 0.700. The van der Waals surface area contributed by atoms with E-state index in [2.05, 4.69) is 30.4 Å². The highest BCUT2D eigenvalue weighted by Crippen LogP contribution is 2.29. The summed E-state index contributed by atoms with van der Waals surface area (Å²) in [4.78, 5) is 0. The molecule has 2 aliphatic rings. The predicted octanol–water partition coefficient (Wildman–Crippen LogP) is 4.50. The zero-order chi connectivity index (χ0) is 16.1. The van der Waals surface area contributed by atoms with Crippen molar-refractivity contribution in [1.29, 1.82) is 0 Å². The van der Waals surface area contributed by atoms with E-state index in [4.69, 9.17) is 10.5 Å². The molecule has 0 bridgehead atoms. The van der Waals surface area contributed by atoms with E-state index in [-0.39, 0.29) is 0 Å². The van der Waals surface area contributed by atoms with Gasteiger partial charge >= 0.3 is 0 Å². The van der Waals surface area contributed by atoms with Gasteiger partial charge in [-0.15, -0.1) is 0 Å². The first-order chi connectivity index (χ1) is 11.2. The van der Waals surface area contributed by atoms with Crippen LogP contribution in [-0.2, 0) is 6.42 Å². The van der Waals surface area contributed by atoms with Gasteiger partial charge in [-0.1, -0.05) is 6.92 Å². The number of hydrogen-bond donors (Lipinski definition) is 2. The van der Waals surface area contributed by atoms with Gasteiger partial charge in [-0.25, -0.2) is 0 Å². The summed E-state index contributed by atoms with van der Waals surface area (Å²) in [6, 6.07) is 7.05. The molecule has 2 saturated carbocycles. The van der Waals surface area contributed by atoms with Crippen LogP contribution in [0.25, 0.3) is 0 Å². The molecule has 23 heavy (non-hydrogen) atoms. The molecule has 0 heterocycles. The third-order valence-corrected chi connectivity index (χ3v) is 5.52. The van der Waals surface area contributed by atoms with E-state index in [9.17, 15) is 0 Å². The van der Waals surface area contributed by atoms with E-state index in [0.717, 1.165) is 24.6 Å². The van der Waals surface area contributed by atoms with Crippen LogP contribution in [0.3, 0.4) is 0 Å². The molecule has 1 aromatic rings. The van der Waals surface area contributed by atoms with Gasteiger partial charge in [0.15, 0.2) is 0 Å². The van der Waals surface area contributed by atoms with Crippen molar-refractivity contribution in [3.8, 4) is 5.75 Å². The van der Waals surface area contributed by atoms with Crippen LogP contribution in [0.4, 0.5) is 5.69 Å². The van der Waals surface area contributed by atoms with Crippen LogP contribution in [0, 0.1) is 5.92 Å². The Balaban J connectivity index is 1.55. The van der Waals surface area contributed by atoms with Crippen LogP contribution in [0.15, 0.2) is 18.2 Å². The molecule has 128 valence electrons. The van der Waals surface area contributed by atoms with Crippen LogP contribution in [0.1, 0.15) is 63.9 Å². The zero-order valence-corrected chi connectivity index (χ0v) is 14.5. The lowest BCUT2D eigenvalue weighted by atomic mass is 9.86. The molecule has 0 spiro atoms. The third-order valence-electron chi connectivity index (χ3n) is 5.52. The number of rotatable bonds is 6. The smallest absolute Gasteiger partial charge is 0.123 e. The summed E-state index contributed by atoms with van der Waals surface area (Å²) in [5, 5.41) is 3.63. The van der Waals surface area contributed by atoms with Crippen molar-refractivity contribution in [2.24, 2.45) is 11.7 Å². The Morgan fingerprint density at radius 3 is 2.52 bits per heavy atom. The van der Waals surface area contributed by atoms with E-state index in [0.29, 0.717) is 12.1 Å². The van der Waals surface area contributed by atoms with Gasteiger partial charge in [0.1, 0.15) is 5.75 Å². The fourth-order valence-corrected chi connectivity index (χ4v) is 3.92. The van der Waals surface area contributed by atoms with Gasteiger partial charge in [-0.2, -0.15) is 0 Å². The van der Waals surface area contributed by atoms with Crippen molar-refractivity contribution in [1.82, 2.24) is 0 Å². The highest BCUT2D eigenvalue weighted by molar-refractivity contribution is 5.51. The van der Waals surface area contributed by atoms with Crippen molar-refractivity contribution >= 4 is 5.69 Å². The normalized spacial score (nSPS) is 25.5. The molecule has 2 aliphatic carbocycles. The Hall–Kier alpha value is -1.22. The Kier molecular flexibility index (Phi) is 5.82. The van der Waals surface area contributed by atoms with Crippen molar-refractivity contribution in [2.45, 2.75) is 76.9 Å². The second-order valence-electron chi connectivity index (χ2n) is 7.36. The lowest BCUT2D eigenvalue weighted by molar-refractivity contribution is 0.208. The maximum Gasteiger partial charge on any atom is 0.123 e. The SMILES string of the molecule is CCc1cc(NCC2CCC(N)CC2)ccc1OC1CCCC1. The quantitative estimate of drug-likeness (QED) is 0.812. The number of ether oxygens (including phenoxy) is 1. The summed E-state index contributed by atoms with van der Waals surface area (Å²) < 4.78 is 6.22. The van der Waals surface area contributed by atoms with Gasteiger partial charge in [0.25, 0.3) is 0 Å². The van der Waals surface area contributed by atoms with Gasteiger partial charge in [0.2, 0.25) is 0 Å². The number of nitrogens with two attached hydrogens (primary N) is 1. The maximum absolute atomic E-state index is 6.22. The molecule has 0 saturated heterocycles. The van der Waals surface area contributed by atoms with Crippen LogP contribution in [-0.4, -0.2) is 18.7 Å². The molecule has 3 rings (SSSR count). The summed E-state index contributed by atoms with van der Waals surface area (Å²) in [5.41, 5.74) is 8.55. The first-order valence-electron chi connectivity index (χ1n) is 9.53. The molecule has 0 aromatic heterocycles. The van der Waals surface area contributed by atoms with Crippen LogP contribution in [0.2, 0.25) is 0 Å². The van der Waals surface area contributed by atoms with Crippen molar-refractivity contribution in [3.63, 3.8) is 0 Å². The minimum absolute atomic E-state index is 0.435. The number of anilines is 1. The Morgan fingerprint density at radius 1 is 1.09 bits per heavy atom. The third kappa shape index (κ3) is 4.63. The zero-order valence-electron chi connectivity index (χ0n) is 14.5. The summed E-state index contributed by atoms with van der Waals surface area (Å²) >= 11 is 0. The molecule has 3 nitrogen and oxygen atoms in total. The lowest BCUT2D eigenvalue weighted by Gasteiger charge is -2.26. The van der Waals surface area contributed by atoms with Crippen molar-refractivity contribution in [2.75, 3.05) is 11.9 Å². The van der Waals surface area contributed by atoms with Gasteiger partial charge in [-0.05, 0) is 87.5 Å². The number of aryl methyl sites for hydroxylation is 1. The average molecular weight is 316 g/mol. The van der Waals surface area contributed by atoms with Gasteiger partial charge in [0, 0.05) is 18.3 Å². The van der Waals surface area contributed by atoms with Crippen LogP contribution in [0.5, 0.6) is 5.75 Å².